The fraction of sp³-hybridized carbons (Fsp3) is 0.125. The van der Waals surface area contributed by atoms with Crippen LogP contribution in [0.5, 0.6) is 0 Å². The molecule has 0 atom stereocenters. The van der Waals surface area contributed by atoms with Crippen LogP contribution in [0.3, 0.4) is 0 Å². The van der Waals surface area contributed by atoms with Gasteiger partial charge in [0.1, 0.15) is 0 Å². The molecule has 0 radical (unpaired) electrons. The van der Waals surface area contributed by atoms with E-state index >= 15 is 0 Å². The van der Waals surface area contributed by atoms with Crippen molar-refractivity contribution < 1.29 is 19.5 Å². The Bertz CT molecular complexity index is 1230. The Hall–Kier alpha value is -3.58. The van der Waals surface area contributed by atoms with Crippen LogP contribution >= 0.6 is 11.8 Å². The van der Waals surface area contributed by atoms with Gasteiger partial charge in [-0.2, -0.15) is 0 Å². The summed E-state index contributed by atoms with van der Waals surface area (Å²) in [5, 5.41) is 9.24. The minimum absolute atomic E-state index is 0.194. The Morgan fingerprint density at radius 3 is 2.42 bits per heavy atom. The van der Waals surface area contributed by atoms with E-state index in [1.165, 1.54) is 4.90 Å². The highest BCUT2D eigenvalue weighted by Gasteiger charge is 2.35. The van der Waals surface area contributed by atoms with Crippen LogP contribution in [-0.4, -0.2) is 31.7 Å². The number of hydrogen-bond acceptors (Lipinski definition) is 4. The molecule has 0 bridgehead atoms. The minimum atomic E-state index is -1.01. The standard InChI is InChI=1S/C24H20N2O4S/c1-15-12-18(16(2)26(15)20-11-7-6-10-19(20)23(28)29)13-21-22(27)25(24(30)31-21)14-17-8-4-3-5-9-17/h3-13H,14H2,1-2H3,(H,28,29)/b21-13-. The minimum Gasteiger partial charge on any atom is -0.478 e. The number of aryl methyl sites for hydroxylation is 1. The first-order valence-corrected chi connectivity index (χ1v) is 10.5. The molecule has 1 saturated heterocycles. The number of carboxylic acid groups (broad SMARTS) is 1. The van der Waals surface area contributed by atoms with Gasteiger partial charge < -0.3 is 9.67 Å². The molecule has 7 heteroatoms. The number of imide groups is 1. The molecular formula is C24H20N2O4S. The van der Waals surface area contributed by atoms with E-state index in [1.54, 1.807) is 30.3 Å². The van der Waals surface area contributed by atoms with Crippen LogP contribution in [0.15, 0.2) is 65.6 Å². The second kappa shape index (κ2) is 8.28. The molecule has 3 aromatic rings. The van der Waals surface area contributed by atoms with Crippen molar-refractivity contribution >= 4 is 35.0 Å². The smallest absolute Gasteiger partial charge is 0.337 e. The highest BCUT2D eigenvalue weighted by Crippen LogP contribution is 2.35. The van der Waals surface area contributed by atoms with Crippen LogP contribution in [0.25, 0.3) is 11.8 Å². The molecule has 0 unspecified atom stereocenters. The summed E-state index contributed by atoms with van der Waals surface area (Å²) < 4.78 is 1.85. The lowest BCUT2D eigenvalue weighted by atomic mass is 10.1. The third kappa shape index (κ3) is 3.92. The number of benzene rings is 2. The van der Waals surface area contributed by atoms with E-state index in [-0.39, 0.29) is 23.3 Å². The van der Waals surface area contributed by atoms with Crippen LogP contribution in [-0.2, 0) is 11.3 Å². The molecule has 2 aromatic carbocycles. The van der Waals surface area contributed by atoms with Gasteiger partial charge in [0.25, 0.3) is 11.1 Å². The van der Waals surface area contributed by atoms with Crippen molar-refractivity contribution in [2.24, 2.45) is 0 Å². The van der Waals surface area contributed by atoms with E-state index in [1.807, 2.05) is 54.8 Å². The predicted octanol–water partition coefficient (Wildman–Crippen LogP) is 5.03. The molecule has 0 saturated carbocycles. The largest absolute Gasteiger partial charge is 0.478 e. The monoisotopic (exact) mass is 432 g/mol. The zero-order chi connectivity index (χ0) is 22.1. The number of carboxylic acids is 1. The molecule has 0 aliphatic carbocycles. The number of carbonyl (C=O) groups excluding carboxylic acids is 2. The molecular weight excluding hydrogens is 412 g/mol. The van der Waals surface area contributed by atoms with E-state index < -0.39 is 5.97 Å². The molecule has 0 spiro atoms. The fourth-order valence-corrected chi connectivity index (χ4v) is 4.53. The number of para-hydroxylation sites is 1. The van der Waals surface area contributed by atoms with E-state index in [2.05, 4.69) is 0 Å². The lowest BCUT2D eigenvalue weighted by molar-refractivity contribution is -0.123. The molecule has 1 fully saturated rings. The molecule has 156 valence electrons. The average molecular weight is 433 g/mol. The van der Waals surface area contributed by atoms with Crippen LogP contribution in [0.4, 0.5) is 4.79 Å². The van der Waals surface area contributed by atoms with Crippen LogP contribution in [0.2, 0.25) is 0 Å². The van der Waals surface area contributed by atoms with Gasteiger partial charge in [-0.05, 0) is 61.0 Å². The summed E-state index contributed by atoms with van der Waals surface area (Å²) in [7, 11) is 0. The number of aromatic nitrogens is 1. The highest BCUT2D eigenvalue weighted by atomic mass is 32.2. The van der Waals surface area contributed by atoms with E-state index in [9.17, 15) is 19.5 Å². The Kier molecular flexibility index (Phi) is 5.52. The molecule has 2 heterocycles. The summed E-state index contributed by atoms with van der Waals surface area (Å²) >= 11 is 0.919. The van der Waals surface area contributed by atoms with E-state index in [0.29, 0.717) is 10.6 Å². The zero-order valence-corrected chi connectivity index (χ0v) is 17.8. The third-order valence-corrected chi connectivity index (χ3v) is 6.10. The molecule has 2 amide bonds. The lowest BCUT2D eigenvalue weighted by Crippen LogP contribution is -2.27. The number of rotatable bonds is 5. The van der Waals surface area contributed by atoms with Gasteiger partial charge in [-0.1, -0.05) is 42.5 Å². The van der Waals surface area contributed by atoms with Crippen molar-refractivity contribution in [2.75, 3.05) is 0 Å². The number of carbonyl (C=O) groups is 3. The zero-order valence-electron chi connectivity index (χ0n) is 17.0. The van der Waals surface area contributed by atoms with Crippen LogP contribution in [0.1, 0.15) is 32.9 Å². The molecule has 1 N–H and O–H groups in total. The van der Waals surface area contributed by atoms with Crippen molar-refractivity contribution in [3.63, 3.8) is 0 Å². The van der Waals surface area contributed by atoms with E-state index in [4.69, 9.17) is 0 Å². The second-order valence-electron chi connectivity index (χ2n) is 7.24. The number of thioether (sulfide) groups is 1. The Balaban J connectivity index is 1.68. The SMILES string of the molecule is Cc1cc(/C=C2\SC(=O)N(Cc3ccccc3)C2=O)c(C)n1-c1ccccc1C(=O)O. The quantitative estimate of drug-likeness (QED) is 0.572. The van der Waals surface area contributed by atoms with Crippen molar-refractivity contribution in [2.45, 2.75) is 20.4 Å². The third-order valence-electron chi connectivity index (χ3n) is 5.19. The molecule has 1 aliphatic heterocycles. The summed E-state index contributed by atoms with van der Waals surface area (Å²) in [6.07, 6.45) is 1.71. The van der Waals surface area contributed by atoms with Gasteiger partial charge in [0.15, 0.2) is 0 Å². The second-order valence-corrected chi connectivity index (χ2v) is 8.23. The predicted molar refractivity (Wildman–Crippen MR) is 120 cm³/mol. The lowest BCUT2D eigenvalue weighted by Gasteiger charge is -2.12. The van der Waals surface area contributed by atoms with Crippen LogP contribution < -0.4 is 0 Å². The topological polar surface area (TPSA) is 79.6 Å². The summed E-state index contributed by atoms with van der Waals surface area (Å²) in [4.78, 5) is 38.6. The molecule has 4 rings (SSSR count). The van der Waals surface area contributed by atoms with Crippen molar-refractivity contribution in [3.05, 3.63) is 93.6 Å². The van der Waals surface area contributed by atoms with E-state index in [0.717, 1.165) is 34.3 Å². The number of nitrogens with zero attached hydrogens (tertiary/aromatic N) is 2. The average Bonchev–Trinajstić information content (AvgIpc) is 3.18. The fourth-order valence-electron chi connectivity index (χ4n) is 3.70. The highest BCUT2D eigenvalue weighted by molar-refractivity contribution is 8.18. The first-order valence-electron chi connectivity index (χ1n) is 9.67. The maximum Gasteiger partial charge on any atom is 0.337 e. The summed E-state index contributed by atoms with van der Waals surface area (Å²) in [5.41, 5.74) is 4.03. The van der Waals surface area contributed by atoms with Crippen molar-refractivity contribution in [1.29, 1.82) is 0 Å². The summed E-state index contributed by atoms with van der Waals surface area (Å²) in [6.45, 7) is 3.98. The summed E-state index contributed by atoms with van der Waals surface area (Å²) in [5.74, 6) is -1.33. The van der Waals surface area contributed by atoms with Gasteiger partial charge in [-0.3, -0.25) is 14.5 Å². The molecule has 1 aromatic heterocycles. The van der Waals surface area contributed by atoms with Gasteiger partial charge >= 0.3 is 5.97 Å². The number of hydrogen-bond donors (Lipinski definition) is 1. The van der Waals surface area contributed by atoms with Gasteiger partial charge in [0.05, 0.1) is 22.7 Å². The Morgan fingerprint density at radius 2 is 1.71 bits per heavy atom. The van der Waals surface area contributed by atoms with Crippen molar-refractivity contribution in [3.8, 4) is 5.69 Å². The first kappa shape index (κ1) is 20.7. The maximum absolute atomic E-state index is 12.9. The molecule has 1 aliphatic rings. The maximum atomic E-state index is 12.9. The molecule has 31 heavy (non-hydrogen) atoms. The summed E-state index contributed by atoms with van der Waals surface area (Å²) in [6, 6.07) is 18.0. The normalized spacial score (nSPS) is 15.2. The van der Waals surface area contributed by atoms with Gasteiger partial charge in [-0.25, -0.2) is 4.79 Å². The first-order chi connectivity index (χ1) is 14.9. The number of aromatic carboxylic acids is 1. The van der Waals surface area contributed by atoms with Gasteiger partial charge in [0, 0.05) is 11.4 Å². The Labute approximate surface area is 183 Å². The van der Waals surface area contributed by atoms with Gasteiger partial charge in [-0.15, -0.1) is 0 Å². The molecule has 6 nitrogen and oxygen atoms in total. The van der Waals surface area contributed by atoms with Crippen LogP contribution in [0, 0.1) is 13.8 Å². The van der Waals surface area contributed by atoms with Crippen molar-refractivity contribution in [1.82, 2.24) is 9.47 Å². The Morgan fingerprint density at radius 1 is 1.03 bits per heavy atom. The number of amides is 2. The van der Waals surface area contributed by atoms with Gasteiger partial charge in [0.2, 0.25) is 0 Å².